The summed E-state index contributed by atoms with van der Waals surface area (Å²) in [5, 5.41) is 11.3. The Labute approximate surface area is 132 Å². The van der Waals surface area contributed by atoms with Gasteiger partial charge < -0.3 is 5.32 Å². The van der Waals surface area contributed by atoms with Crippen LogP contribution in [0.4, 0.5) is 0 Å². The van der Waals surface area contributed by atoms with Gasteiger partial charge in [0.25, 0.3) is 0 Å². The molecule has 0 radical (unpaired) electrons. The topological polar surface area (TPSA) is 53.6 Å². The van der Waals surface area contributed by atoms with Crippen LogP contribution < -0.4 is 5.32 Å². The molecule has 1 atom stereocenters. The monoisotopic (exact) mass is 354 g/mol. The van der Waals surface area contributed by atoms with Gasteiger partial charge in [0.15, 0.2) is 0 Å². The van der Waals surface area contributed by atoms with Gasteiger partial charge in [-0.3, -0.25) is 5.10 Å². The van der Waals surface area contributed by atoms with Crippen molar-refractivity contribution in [3.63, 3.8) is 0 Å². The third-order valence-electron chi connectivity index (χ3n) is 2.92. The summed E-state index contributed by atoms with van der Waals surface area (Å²) in [5.74, 6) is 0.836. The molecule has 0 fully saturated rings. The van der Waals surface area contributed by atoms with Crippen LogP contribution in [0.2, 0.25) is 0 Å². The van der Waals surface area contributed by atoms with Gasteiger partial charge in [-0.25, -0.2) is 4.98 Å². The van der Waals surface area contributed by atoms with Crippen LogP contribution in [-0.4, -0.2) is 21.7 Å². The van der Waals surface area contributed by atoms with E-state index in [0.717, 1.165) is 28.4 Å². The number of H-pyrrole nitrogens is 1. The van der Waals surface area contributed by atoms with E-state index in [0.29, 0.717) is 6.04 Å². The number of aryl methyl sites for hydroxylation is 1. The van der Waals surface area contributed by atoms with Gasteiger partial charge in [0, 0.05) is 15.4 Å². The molecular weight excluding hydrogens is 336 g/mol. The van der Waals surface area contributed by atoms with Crippen molar-refractivity contribution >= 4 is 27.7 Å². The number of rotatable bonds is 6. The molecule has 2 aromatic rings. The van der Waals surface area contributed by atoms with Crippen molar-refractivity contribution in [1.82, 2.24) is 20.5 Å². The number of benzene rings is 1. The van der Waals surface area contributed by atoms with Crippen LogP contribution in [0, 0.1) is 6.92 Å². The minimum atomic E-state index is 0.301. The number of hydrogen-bond acceptors (Lipinski definition) is 4. The lowest BCUT2D eigenvalue weighted by Gasteiger charge is -2.17. The predicted molar refractivity (Wildman–Crippen MR) is 86.1 cm³/mol. The van der Waals surface area contributed by atoms with Crippen molar-refractivity contribution in [3.8, 4) is 0 Å². The number of nitrogens with zero attached hydrogens (tertiary/aromatic N) is 2. The van der Waals surface area contributed by atoms with E-state index in [2.05, 4.69) is 68.5 Å². The molecule has 4 nitrogen and oxygen atoms in total. The highest BCUT2D eigenvalue weighted by Gasteiger charge is 2.13. The van der Waals surface area contributed by atoms with E-state index >= 15 is 0 Å². The molecule has 1 unspecified atom stereocenters. The molecule has 0 amide bonds. The van der Waals surface area contributed by atoms with Crippen molar-refractivity contribution in [2.75, 3.05) is 6.54 Å². The van der Waals surface area contributed by atoms with E-state index in [1.54, 1.807) is 11.8 Å². The van der Waals surface area contributed by atoms with E-state index in [9.17, 15) is 0 Å². The van der Waals surface area contributed by atoms with Crippen molar-refractivity contribution < 1.29 is 0 Å². The highest BCUT2D eigenvalue weighted by atomic mass is 79.9. The first kappa shape index (κ1) is 15.5. The fourth-order valence-corrected chi connectivity index (χ4v) is 3.23. The fraction of sp³-hybridized carbons (Fsp3) is 0.429. The van der Waals surface area contributed by atoms with Crippen molar-refractivity contribution in [2.24, 2.45) is 0 Å². The Kier molecular flexibility index (Phi) is 5.63. The number of halogens is 1. The van der Waals surface area contributed by atoms with Gasteiger partial charge >= 0.3 is 0 Å². The van der Waals surface area contributed by atoms with Crippen molar-refractivity contribution in [3.05, 3.63) is 34.1 Å². The third kappa shape index (κ3) is 4.07. The Balaban J connectivity index is 2.23. The Morgan fingerprint density at radius 1 is 1.45 bits per heavy atom. The molecular formula is C14H19BrN4S. The maximum absolute atomic E-state index is 4.36. The van der Waals surface area contributed by atoms with Gasteiger partial charge in [0.2, 0.25) is 5.16 Å². The van der Waals surface area contributed by atoms with Crippen LogP contribution in [0.25, 0.3) is 0 Å². The quantitative estimate of drug-likeness (QED) is 0.820. The summed E-state index contributed by atoms with van der Waals surface area (Å²) in [4.78, 5) is 5.54. The molecule has 1 aromatic carbocycles. The second-order valence-electron chi connectivity index (χ2n) is 4.66. The smallest absolute Gasteiger partial charge is 0.213 e. The summed E-state index contributed by atoms with van der Waals surface area (Å²) in [7, 11) is 0. The first-order valence-electron chi connectivity index (χ1n) is 6.70. The average Bonchev–Trinajstić information content (AvgIpc) is 2.83. The molecule has 0 spiro atoms. The summed E-state index contributed by atoms with van der Waals surface area (Å²) < 4.78 is 1.09. The molecule has 6 heteroatoms. The fourth-order valence-electron chi connectivity index (χ4n) is 1.89. The molecule has 1 heterocycles. The first-order valence-corrected chi connectivity index (χ1v) is 8.30. The van der Waals surface area contributed by atoms with Crippen molar-refractivity contribution in [1.29, 1.82) is 0 Å². The van der Waals surface area contributed by atoms with Crippen LogP contribution in [0.15, 0.2) is 32.7 Å². The van der Waals surface area contributed by atoms with E-state index in [4.69, 9.17) is 0 Å². The Morgan fingerprint density at radius 2 is 2.25 bits per heavy atom. The van der Waals surface area contributed by atoms with Crippen LogP contribution in [-0.2, 0) is 0 Å². The molecule has 0 saturated heterocycles. The highest BCUT2D eigenvalue weighted by Crippen LogP contribution is 2.33. The number of hydrogen-bond donors (Lipinski definition) is 2. The number of aromatic amines is 1. The predicted octanol–water partition coefficient (Wildman–Crippen LogP) is 4.09. The zero-order valence-electron chi connectivity index (χ0n) is 11.9. The molecule has 20 heavy (non-hydrogen) atoms. The van der Waals surface area contributed by atoms with E-state index < -0.39 is 0 Å². The minimum absolute atomic E-state index is 0.301. The Morgan fingerprint density at radius 3 is 2.90 bits per heavy atom. The summed E-state index contributed by atoms with van der Waals surface area (Å²) in [6.45, 7) is 7.28. The minimum Gasteiger partial charge on any atom is -0.310 e. The van der Waals surface area contributed by atoms with Crippen LogP contribution in [0.5, 0.6) is 0 Å². The zero-order valence-corrected chi connectivity index (χ0v) is 14.3. The lowest BCUT2D eigenvalue weighted by atomic mass is 10.1. The average molecular weight is 355 g/mol. The van der Waals surface area contributed by atoms with E-state index in [1.807, 2.05) is 6.92 Å². The Hall–Kier alpha value is -0.850. The van der Waals surface area contributed by atoms with Crippen molar-refractivity contribution in [2.45, 2.75) is 43.3 Å². The molecule has 2 N–H and O–H groups in total. The lowest BCUT2D eigenvalue weighted by molar-refractivity contribution is 0.563. The second kappa shape index (κ2) is 7.24. The van der Waals surface area contributed by atoms with Gasteiger partial charge in [-0.15, -0.1) is 5.10 Å². The molecule has 108 valence electrons. The first-order chi connectivity index (χ1) is 9.60. The normalized spacial score (nSPS) is 12.6. The van der Waals surface area contributed by atoms with Crippen LogP contribution in [0.1, 0.15) is 37.7 Å². The molecule has 0 aliphatic heterocycles. The SMILES string of the molecule is CCCNC(C)c1cc(Br)ccc1Sc1n[nH]c(C)n1. The van der Waals surface area contributed by atoms with Gasteiger partial charge in [0.05, 0.1) is 0 Å². The van der Waals surface area contributed by atoms with Gasteiger partial charge in [-0.05, 0) is 62.3 Å². The third-order valence-corrected chi connectivity index (χ3v) is 4.37. The second-order valence-corrected chi connectivity index (χ2v) is 6.59. The van der Waals surface area contributed by atoms with Gasteiger partial charge in [-0.2, -0.15) is 0 Å². The summed E-state index contributed by atoms with van der Waals surface area (Å²) in [6, 6.07) is 6.63. The van der Waals surface area contributed by atoms with Crippen LogP contribution >= 0.6 is 27.7 Å². The van der Waals surface area contributed by atoms with Gasteiger partial charge in [0.1, 0.15) is 5.82 Å². The van der Waals surface area contributed by atoms with Crippen LogP contribution in [0.3, 0.4) is 0 Å². The number of aromatic nitrogens is 3. The number of nitrogens with one attached hydrogen (secondary N) is 2. The standard InChI is InChI=1S/C14H19BrN4S/c1-4-7-16-9(2)12-8-11(15)5-6-13(12)20-14-17-10(3)18-19-14/h5-6,8-9,16H,4,7H2,1-3H3,(H,17,18,19). The molecule has 1 aromatic heterocycles. The summed E-state index contributed by atoms with van der Waals surface area (Å²) >= 11 is 5.14. The van der Waals surface area contributed by atoms with E-state index in [1.165, 1.54) is 10.5 Å². The summed E-state index contributed by atoms with van der Waals surface area (Å²) in [6.07, 6.45) is 1.13. The molecule has 0 bridgehead atoms. The molecule has 0 aliphatic rings. The summed E-state index contributed by atoms with van der Waals surface area (Å²) in [5.41, 5.74) is 1.26. The highest BCUT2D eigenvalue weighted by molar-refractivity contribution is 9.10. The maximum atomic E-state index is 4.36. The zero-order chi connectivity index (χ0) is 14.5. The lowest BCUT2D eigenvalue weighted by Crippen LogP contribution is -2.19. The van der Waals surface area contributed by atoms with Gasteiger partial charge in [-0.1, -0.05) is 22.9 Å². The molecule has 0 saturated carbocycles. The largest absolute Gasteiger partial charge is 0.310 e. The van der Waals surface area contributed by atoms with E-state index in [-0.39, 0.29) is 0 Å². The molecule has 2 rings (SSSR count). The molecule has 0 aliphatic carbocycles. The Bertz CT molecular complexity index is 570. The maximum Gasteiger partial charge on any atom is 0.213 e.